The number of benzene rings is 2. The van der Waals surface area contributed by atoms with Crippen LogP contribution in [0.2, 0.25) is 0 Å². The van der Waals surface area contributed by atoms with Gasteiger partial charge in [0.15, 0.2) is 11.5 Å². The highest BCUT2D eigenvalue weighted by Gasteiger charge is 2.35. The van der Waals surface area contributed by atoms with Crippen molar-refractivity contribution in [1.82, 2.24) is 9.80 Å². The molecule has 1 aliphatic rings. The molecule has 1 atom stereocenters. The summed E-state index contributed by atoms with van der Waals surface area (Å²) >= 11 is 0. The van der Waals surface area contributed by atoms with E-state index in [0.29, 0.717) is 36.7 Å². The maximum atomic E-state index is 13.3. The third-order valence-electron chi connectivity index (χ3n) is 5.55. The van der Waals surface area contributed by atoms with Crippen molar-refractivity contribution in [1.29, 1.82) is 0 Å². The van der Waals surface area contributed by atoms with Gasteiger partial charge in [-0.2, -0.15) is 0 Å². The van der Waals surface area contributed by atoms with E-state index in [1.807, 2.05) is 18.2 Å². The Balaban J connectivity index is 1.51. The van der Waals surface area contributed by atoms with E-state index in [4.69, 9.17) is 9.47 Å². The number of hydrogen-bond donors (Lipinski definition) is 1. The Morgan fingerprint density at radius 2 is 1.91 bits per heavy atom. The van der Waals surface area contributed by atoms with Gasteiger partial charge in [0.2, 0.25) is 17.7 Å². The van der Waals surface area contributed by atoms with Crippen molar-refractivity contribution in [2.75, 3.05) is 46.2 Å². The van der Waals surface area contributed by atoms with Crippen LogP contribution in [0.1, 0.15) is 12.0 Å². The molecule has 0 radical (unpaired) electrons. The summed E-state index contributed by atoms with van der Waals surface area (Å²) in [6.07, 6.45) is 0.722. The third-order valence-corrected chi connectivity index (χ3v) is 5.55. The number of carbonyl (C=O) groups excluding carboxylic acids is 3. The average molecular weight is 458 g/mol. The number of anilines is 1. The molecule has 0 spiro atoms. The van der Waals surface area contributed by atoms with Gasteiger partial charge in [-0.1, -0.05) is 12.1 Å². The molecule has 33 heavy (non-hydrogen) atoms. The molecule has 1 N–H and O–H groups in total. The van der Waals surface area contributed by atoms with Gasteiger partial charge >= 0.3 is 0 Å². The predicted molar refractivity (Wildman–Crippen MR) is 121 cm³/mol. The Morgan fingerprint density at radius 3 is 2.61 bits per heavy atom. The summed E-state index contributed by atoms with van der Waals surface area (Å²) in [5.74, 6) is -0.517. The summed E-state index contributed by atoms with van der Waals surface area (Å²) in [6.45, 7) is 0.592. The molecular weight excluding hydrogens is 429 g/mol. The monoisotopic (exact) mass is 457 g/mol. The zero-order valence-corrected chi connectivity index (χ0v) is 19.0. The van der Waals surface area contributed by atoms with Crippen LogP contribution < -0.4 is 14.8 Å². The van der Waals surface area contributed by atoms with Crippen molar-refractivity contribution in [3.05, 3.63) is 53.8 Å². The van der Waals surface area contributed by atoms with E-state index < -0.39 is 17.6 Å². The highest BCUT2D eigenvalue weighted by Crippen LogP contribution is 2.28. The molecule has 0 saturated carbocycles. The molecule has 3 amide bonds. The van der Waals surface area contributed by atoms with E-state index in [0.717, 1.165) is 5.56 Å². The number of likely N-dealkylation sites (N-methyl/N-ethyl adjacent to an activating group) is 1. The maximum absolute atomic E-state index is 13.3. The minimum Gasteiger partial charge on any atom is -0.493 e. The van der Waals surface area contributed by atoms with Crippen LogP contribution in [0.4, 0.5) is 10.1 Å². The van der Waals surface area contributed by atoms with Gasteiger partial charge in [-0.3, -0.25) is 14.4 Å². The zero-order valence-electron chi connectivity index (χ0n) is 19.0. The number of halogens is 1. The van der Waals surface area contributed by atoms with Gasteiger partial charge in [-0.15, -0.1) is 0 Å². The molecule has 176 valence electrons. The van der Waals surface area contributed by atoms with Gasteiger partial charge in [0.25, 0.3) is 0 Å². The fourth-order valence-corrected chi connectivity index (χ4v) is 3.83. The number of hydrogen-bond acceptors (Lipinski definition) is 5. The summed E-state index contributed by atoms with van der Waals surface area (Å²) in [5, 5.41) is 2.56. The highest BCUT2D eigenvalue weighted by atomic mass is 19.1. The second kappa shape index (κ2) is 10.8. The minimum atomic E-state index is -0.505. The molecule has 0 aliphatic carbocycles. The molecule has 1 heterocycles. The first kappa shape index (κ1) is 24.0. The standard InChI is InChI=1S/C24H28FN3O5/c1-27(15-22(29)26-19-6-4-5-18(25)13-19)24(31)17-12-23(30)28(14-17)10-9-16-7-8-20(32-2)21(11-16)33-3/h4-8,11,13,17H,9-10,12,14-15H2,1-3H3,(H,26,29)/t17-/m0/s1. The lowest BCUT2D eigenvalue weighted by Crippen LogP contribution is -2.39. The molecule has 1 aliphatic heterocycles. The largest absolute Gasteiger partial charge is 0.493 e. The van der Waals surface area contributed by atoms with Crippen molar-refractivity contribution >= 4 is 23.4 Å². The minimum absolute atomic E-state index is 0.0913. The molecule has 2 aromatic rings. The van der Waals surface area contributed by atoms with Gasteiger partial charge < -0.3 is 24.6 Å². The smallest absolute Gasteiger partial charge is 0.243 e. The summed E-state index contributed by atoms with van der Waals surface area (Å²) in [5.41, 5.74) is 1.31. The number of rotatable bonds is 9. The van der Waals surface area contributed by atoms with Crippen LogP contribution in [-0.2, 0) is 20.8 Å². The molecule has 3 rings (SSSR count). The van der Waals surface area contributed by atoms with Crippen LogP contribution in [0.25, 0.3) is 0 Å². The lowest BCUT2D eigenvalue weighted by atomic mass is 10.1. The Labute approximate surface area is 192 Å². The lowest BCUT2D eigenvalue weighted by molar-refractivity contribution is -0.137. The summed E-state index contributed by atoms with van der Waals surface area (Å²) < 4.78 is 23.8. The van der Waals surface area contributed by atoms with Gasteiger partial charge in [0, 0.05) is 32.2 Å². The van der Waals surface area contributed by atoms with E-state index in [-0.39, 0.29) is 24.8 Å². The molecule has 0 aromatic heterocycles. The zero-order chi connectivity index (χ0) is 24.0. The van der Waals surface area contributed by atoms with Gasteiger partial charge in [-0.05, 0) is 42.3 Å². The molecule has 9 heteroatoms. The third kappa shape index (κ3) is 6.21. The fourth-order valence-electron chi connectivity index (χ4n) is 3.83. The van der Waals surface area contributed by atoms with Crippen LogP contribution in [0.5, 0.6) is 11.5 Å². The number of nitrogens with zero attached hydrogens (tertiary/aromatic N) is 2. The van der Waals surface area contributed by atoms with Gasteiger partial charge in [0.1, 0.15) is 5.82 Å². The van der Waals surface area contributed by atoms with Crippen LogP contribution in [0, 0.1) is 11.7 Å². The van der Waals surface area contributed by atoms with Crippen LogP contribution in [-0.4, -0.2) is 68.4 Å². The Kier molecular flexibility index (Phi) is 7.87. The van der Waals surface area contributed by atoms with Crippen LogP contribution >= 0.6 is 0 Å². The lowest BCUT2D eigenvalue weighted by Gasteiger charge is -2.21. The van der Waals surface area contributed by atoms with E-state index in [1.165, 1.54) is 30.1 Å². The van der Waals surface area contributed by atoms with Gasteiger partial charge in [0.05, 0.1) is 26.7 Å². The second-order valence-electron chi connectivity index (χ2n) is 7.93. The highest BCUT2D eigenvalue weighted by molar-refractivity contribution is 5.96. The van der Waals surface area contributed by atoms with Crippen molar-refractivity contribution in [2.24, 2.45) is 5.92 Å². The Bertz CT molecular complexity index is 1030. The first-order chi connectivity index (χ1) is 15.8. The molecule has 2 aromatic carbocycles. The van der Waals surface area contributed by atoms with Gasteiger partial charge in [-0.25, -0.2) is 4.39 Å². The summed E-state index contributed by atoms with van der Waals surface area (Å²) in [4.78, 5) is 40.4. The number of nitrogens with one attached hydrogen (secondary N) is 1. The Hall–Kier alpha value is -3.62. The van der Waals surface area contributed by atoms with E-state index in [9.17, 15) is 18.8 Å². The maximum Gasteiger partial charge on any atom is 0.243 e. The van der Waals surface area contributed by atoms with E-state index >= 15 is 0 Å². The molecular formula is C24H28FN3O5. The number of carbonyl (C=O) groups is 3. The molecule has 1 fully saturated rings. The first-order valence-electron chi connectivity index (χ1n) is 10.6. The quantitative estimate of drug-likeness (QED) is 0.625. The van der Waals surface area contributed by atoms with Crippen LogP contribution in [0.3, 0.4) is 0 Å². The first-order valence-corrected chi connectivity index (χ1v) is 10.6. The molecule has 0 bridgehead atoms. The average Bonchev–Trinajstić information content (AvgIpc) is 3.17. The number of methoxy groups -OCH3 is 2. The predicted octanol–water partition coefficient (Wildman–Crippen LogP) is 2.33. The number of amides is 3. The molecule has 8 nitrogen and oxygen atoms in total. The van der Waals surface area contributed by atoms with Crippen LogP contribution in [0.15, 0.2) is 42.5 Å². The number of ether oxygens (including phenoxy) is 2. The van der Waals surface area contributed by atoms with Crippen molar-refractivity contribution in [3.63, 3.8) is 0 Å². The molecule has 1 saturated heterocycles. The van der Waals surface area contributed by atoms with E-state index in [1.54, 1.807) is 25.2 Å². The number of likely N-dealkylation sites (tertiary alicyclic amines) is 1. The fraction of sp³-hybridized carbons (Fsp3) is 0.375. The van der Waals surface area contributed by atoms with Crippen molar-refractivity contribution < 1.29 is 28.2 Å². The second-order valence-corrected chi connectivity index (χ2v) is 7.93. The van der Waals surface area contributed by atoms with Crippen molar-refractivity contribution in [3.8, 4) is 11.5 Å². The summed E-state index contributed by atoms with van der Waals surface area (Å²) in [7, 11) is 4.65. The molecule has 0 unspecified atom stereocenters. The van der Waals surface area contributed by atoms with Crippen molar-refractivity contribution in [2.45, 2.75) is 12.8 Å². The SMILES string of the molecule is COc1ccc(CCN2C[C@@H](C(=O)N(C)CC(=O)Nc3cccc(F)c3)CC2=O)cc1OC. The van der Waals surface area contributed by atoms with E-state index in [2.05, 4.69) is 5.32 Å². The Morgan fingerprint density at radius 1 is 1.15 bits per heavy atom. The normalized spacial score (nSPS) is 15.3. The summed E-state index contributed by atoms with van der Waals surface area (Å²) in [6, 6.07) is 11.1. The topological polar surface area (TPSA) is 88.2 Å².